The van der Waals surface area contributed by atoms with Crippen LogP contribution in [0.3, 0.4) is 0 Å². The van der Waals surface area contributed by atoms with Crippen LogP contribution in [0, 0.1) is 0 Å². The Bertz CT molecular complexity index is 24.3. The fourth-order valence-corrected chi connectivity index (χ4v) is 0. The van der Waals surface area contributed by atoms with E-state index in [0.29, 0.717) is 0 Å². The molecule has 3 heteroatoms. The molecule has 0 unspecified atom stereocenters. The molecule has 0 aromatic carbocycles. The molecule has 0 aromatic heterocycles. The molecule has 0 spiro atoms. The number of hydrogen-bond donors (Lipinski definition) is 1. The first kappa shape index (κ1) is 22.5. The second-order valence-electron chi connectivity index (χ2n) is 0.847. The summed E-state index contributed by atoms with van der Waals surface area (Å²) < 4.78 is 0. The monoisotopic (exact) mass is 225 g/mol. The Morgan fingerprint density at radius 1 is 1.11 bits per heavy atom. The van der Waals surface area contributed by atoms with Crippen molar-refractivity contribution in [3.05, 3.63) is 13.2 Å². The molecule has 0 aliphatic rings. The zero-order chi connectivity index (χ0) is 7.58. The molecule has 1 nitrogen and oxygen atoms in total. The smallest absolute Gasteiger partial charge is 0.0187 e. The maximum Gasteiger partial charge on any atom is 0.0187 e. The molecule has 0 atom stereocenters. The zero-order valence-electron chi connectivity index (χ0n) is 6.89. The topological polar surface area (TPSA) is 20.2 Å². The van der Waals surface area contributed by atoms with Crippen LogP contribution in [0.2, 0.25) is 0 Å². The van der Waals surface area contributed by atoms with E-state index in [4.69, 9.17) is 4.89 Å². The van der Waals surface area contributed by atoms with E-state index in [9.17, 15) is 0 Å². The third-order valence-corrected chi connectivity index (χ3v) is 0. The first-order chi connectivity index (χ1) is 3.73. The molecule has 0 aliphatic heterocycles. The SMILES string of the molecule is C=C.CC.CP(C)O.[Y]. The normalized spacial score (nSPS) is 5.11. The fraction of sp³-hybridized carbons (Fsp3) is 0.667. The summed E-state index contributed by atoms with van der Waals surface area (Å²) in [6.07, 6.45) is 0. The van der Waals surface area contributed by atoms with Gasteiger partial charge in [-0.3, -0.25) is 0 Å². The van der Waals surface area contributed by atoms with Crippen molar-refractivity contribution in [2.75, 3.05) is 13.3 Å². The Hall–Kier alpha value is 1.23. The van der Waals surface area contributed by atoms with E-state index in [0.717, 1.165) is 0 Å². The summed E-state index contributed by atoms with van der Waals surface area (Å²) in [4.78, 5) is 8.12. The van der Waals surface area contributed by atoms with Gasteiger partial charge in [-0.1, -0.05) is 13.8 Å². The molecule has 1 N–H and O–H groups in total. The predicted octanol–water partition coefficient (Wildman–Crippen LogP) is 2.46. The molecule has 0 saturated heterocycles. The van der Waals surface area contributed by atoms with Crippen molar-refractivity contribution in [2.24, 2.45) is 0 Å². The zero-order valence-corrected chi connectivity index (χ0v) is 10.6. The largest absolute Gasteiger partial charge is 0.374 e. The summed E-state index contributed by atoms with van der Waals surface area (Å²) in [5, 5.41) is 0. The first-order valence-electron chi connectivity index (χ1n) is 2.59. The van der Waals surface area contributed by atoms with Gasteiger partial charge in [0, 0.05) is 40.9 Å². The van der Waals surface area contributed by atoms with E-state index in [1.54, 1.807) is 13.3 Å². The van der Waals surface area contributed by atoms with Crippen molar-refractivity contribution < 1.29 is 37.6 Å². The third-order valence-electron chi connectivity index (χ3n) is 0. The molecular weight excluding hydrogens is 208 g/mol. The standard InChI is InChI=1S/C2H7OP.C2H6.C2H4.Y/c1-4(2)3;2*1-2;/h3H,1-2H3;1-2H3;1-2H2;. The number of rotatable bonds is 0. The number of hydrogen-bond acceptors (Lipinski definition) is 1. The van der Waals surface area contributed by atoms with Crippen molar-refractivity contribution >= 4 is 8.15 Å². The van der Waals surface area contributed by atoms with E-state index < -0.39 is 8.15 Å². The third kappa shape index (κ3) is 317. The van der Waals surface area contributed by atoms with Crippen LogP contribution in [-0.2, 0) is 32.7 Å². The summed E-state index contributed by atoms with van der Waals surface area (Å²) in [6, 6.07) is 0. The van der Waals surface area contributed by atoms with Crippen LogP contribution in [0.25, 0.3) is 0 Å². The Morgan fingerprint density at radius 2 is 1.11 bits per heavy atom. The molecule has 0 bridgehead atoms. The molecule has 1 radical (unpaired) electrons. The van der Waals surface area contributed by atoms with Gasteiger partial charge in [-0.15, -0.1) is 13.2 Å². The van der Waals surface area contributed by atoms with Crippen molar-refractivity contribution in [1.82, 2.24) is 0 Å². The van der Waals surface area contributed by atoms with Gasteiger partial charge in [0.2, 0.25) is 0 Å². The van der Waals surface area contributed by atoms with E-state index in [1.165, 1.54) is 0 Å². The molecule has 0 rings (SSSR count). The van der Waals surface area contributed by atoms with Crippen molar-refractivity contribution in [1.29, 1.82) is 0 Å². The summed E-state index contributed by atoms with van der Waals surface area (Å²) in [5.74, 6) is 0. The minimum absolute atomic E-state index is 0. The van der Waals surface area contributed by atoms with Crippen LogP contribution in [-0.4, -0.2) is 18.2 Å². The van der Waals surface area contributed by atoms with Crippen LogP contribution in [0.15, 0.2) is 13.2 Å². The van der Waals surface area contributed by atoms with Crippen molar-refractivity contribution in [3.8, 4) is 0 Å². The van der Waals surface area contributed by atoms with Gasteiger partial charge >= 0.3 is 0 Å². The van der Waals surface area contributed by atoms with Gasteiger partial charge in [0.25, 0.3) is 0 Å². The maximum absolute atomic E-state index is 8.12. The minimum atomic E-state index is -0.620. The second-order valence-corrected chi connectivity index (χ2v) is 2.54. The molecule has 0 saturated carbocycles. The first-order valence-corrected chi connectivity index (χ1v) is 4.78. The maximum atomic E-state index is 8.12. The van der Waals surface area contributed by atoms with Crippen LogP contribution in [0.1, 0.15) is 13.8 Å². The van der Waals surface area contributed by atoms with Gasteiger partial charge in [0.15, 0.2) is 0 Å². The molecule has 0 aromatic rings. The van der Waals surface area contributed by atoms with E-state index in [2.05, 4.69) is 13.2 Å². The Kier molecular flexibility index (Phi) is 87.1. The molecule has 0 amide bonds. The molecule has 55 valence electrons. The fourth-order valence-electron chi connectivity index (χ4n) is 0. The molecular formula is C6H17OPY. The van der Waals surface area contributed by atoms with Crippen molar-refractivity contribution in [3.63, 3.8) is 0 Å². The summed E-state index contributed by atoms with van der Waals surface area (Å²) in [6.45, 7) is 13.6. The van der Waals surface area contributed by atoms with Crippen LogP contribution >= 0.6 is 8.15 Å². The Balaban J connectivity index is -0.0000000221. The minimum Gasteiger partial charge on any atom is -0.374 e. The van der Waals surface area contributed by atoms with Gasteiger partial charge in [-0.2, -0.15) is 0 Å². The Morgan fingerprint density at radius 3 is 1.11 bits per heavy atom. The van der Waals surface area contributed by atoms with Gasteiger partial charge < -0.3 is 4.89 Å². The van der Waals surface area contributed by atoms with Gasteiger partial charge in [0.1, 0.15) is 0 Å². The van der Waals surface area contributed by atoms with Crippen LogP contribution in [0.4, 0.5) is 0 Å². The predicted molar refractivity (Wildman–Crippen MR) is 43.6 cm³/mol. The average molecular weight is 225 g/mol. The van der Waals surface area contributed by atoms with Crippen molar-refractivity contribution in [2.45, 2.75) is 13.8 Å². The quantitative estimate of drug-likeness (QED) is 0.496. The summed E-state index contributed by atoms with van der Waals surface area (Å²) in [5.41, 5.74) is 0. The van der Waals surface area contributed by atoms with Gasteiger partial charge in [-0.25, -0.2) is 0 Å². The molecule has 9 heavy (non-hydrogen) atoms. The molecule has 0 heterocycles. The van der Waals surface area contributed by atoms with Crippen LogP contribution in [0.5, 0.6) is 0 Å². The second kappa shape index (κ2) is 34.9. The average Bonchev–Trinajstić information content (AvgIpc) is 1.75. The van der Waals surface area contributed by atoms with E-state index >= 15 is 0 Å². The molecule has 0 fully saturated rings. The van der Waals surface area contributed by atoms with Crippen LogP contribution < -0.4 is 0 Å². The van der Waals surface area contributed by atoms with Gasteiger partial charge in [-0.05, 0) is 13.3 Å². The van der Waals surface area contributed by atoms with E-state index in [-0.39, 0.29) is 32.7 Å². The Labute approximate surface area is 85.7 Å². The van der Waals surface area contributed by atoms with Gasteiger partial charge in [0.05, 0.1) is 0 Å². The molecule has 0 aliphatic carbocycles. The summed E-state index contributed by atoms with van der Waals surface area (Å²) >= 11 is 0. The summed E-state index contributed by atoms with van der Waals surface area (Å²) in [7, 11) is -0.620. The van der Waals surface area contributed by atoms with E-state index in [1.807, 2.05) is 13.8 Å².